The van der Waals surface area contributed by atoms with Crippen LogP contribution < -0.4 is 4.74 Å². The number of rotatable bonds is 3. The van der Waals surface area contributed by atoms with E-state index >= 15 is 0 Å². The van der Waals surface area contributed by atoms with Crippen LogP contribution in [0.3, 0.4) is 0 Å². The number of hydrogen-bond donors (Lipinski definition) is 0. The van der Waals surface area contributed by atoms with Gasteiger partial charge in [-0.2, -0.15) is 0 Å². The molecule has 0 radical (unpaired) electrons. The number of amides is 1. The fourth-order valence-electron chi connectivity index (χ4n) is 2.29. The lowest BCUT2D eigenvalue weighted by Gasteiger charge is -2.32. The van der Waals surface area contributed by atoms with Gasteiger partial charge in [-0.1, -0.05) is 0 Å². The van der Waals surface area contributed by atoms with Gasteiger partial charge in [0.1, 0.15) is 6.10 Å². The third-order valence-corrected chi connectivity index (χ3v) is 3.25. The summed E-state index contributed by atoms with van der Waals surface area (Å²) in [5.74, 6) is 0.536. The van der Waals surface area contributed by atoms with Crippen LogP contribution in [-0.2, 0) is 0 Å². The Morgan fingerprint density at radius 1 is 1.19 bits per heavy atom. The number of carbonyl (C=O) groups is 1. The van der Waals surface area contributed by atoms with Crippen molar-refractivity contribution in [3.8, 4) is 5.88 Å². The number of likely N-dealkylation sites (tertiary alicyclic amines) is 1. The summed E-state index contributed by atoms with van der Waals surface area (Å²) in [6, 6.07) is 1.69. The molecule has 7 nitrogen and oxygen atoms in total. The second kappa shape index (κ2) is 6.25. The molecule has 2 aromatic heterocycles. The maximum atomic E-state index is 12.3. The van der Waals surface area contributed by atoms with Gasteiger partial charge in [-0.05, 0) is 18.9 Å². The summed E-state index contributed by atoms with van der Waals surface area (Å²) >= 11 is 0. The van der Waals surface area contributed by atoms with Crippen molar-refractivity contribution in [2.75, 3.05) is 13.1 Å². The van der Waals surface area contributed by atoms with Crippen molar-refractivity contribution in [2.24, 2.45) is 0 Å². The number of hydrogen-bond acceptors (Lipinski definition) is 6. The first-order chi connectivity index (χ1) is 10.3. The van der Waals surface area contributed by atoms with E-state index in [9.17, 15) is 4.79 Å². The molecular weight excluding hydrogens is 270 g/mol. The predicted molar refractivity (Wildman–Crippen MR) is 73.6 cm³/mol. The van der Waals surface area contributed by atoms with E-state index < -0.39 is 0 Å². The van der Waals surface area contributed by atoms with E-state index in [1.54, 1.807) is 42.0 Å². The van der Waals surface area contributed by atoms with Crippen molar-refractivity contribution in [3.63, 3.8) is 0 Å². The first-order valence-corrected chi connectivity index (χ1v) is 6.82. The van der Waals surface area contributed by atoms with Crippen molar-refractivity contribution >= 4 is 5.91 Å². The smallest absolute Gasteiger partial charge is 0.291 e. The minimum atomic E-state index is -0.164. The zero-order valence-electron chi connectivity index (χ0n) is 11.4. The lowest BCUT2D eigenvalue weighted by Crippen LogP contribution is -2.45. The molecule has 1 atom stereocenters. The molecule has 0 aromatic carbocycles. The highest BCUT2D eigenvalue weighted by Crippen LogP contribution is 2.16. The summed E-state index contributed by atoms with van der Waals surface area (Å²) in [4.78, 5) is 30.1. The van der Waals surface area contributed by atoms with Gasteiger partial charge in [0.25, 0.3) is 5.91 Å². The molecule has 0 N–H and O–H groups in total. The topological polar surface area (TPSA) is 81.1 Å². The van der Waals surface area contributed by atoms with Crippen molar-refractivity contribution in [2.45, 2.75) is 18.9 Å². The molecule has 1 aliphatic heterocycles. The van der Waals surface area contributed by atoms with Crippen LogP contribution in [0.2, 0.25) is 0 Å². The van der Waals surface area contributed by atoms with Crippen molar-refractivity contribution in [1.29, 1.82) is 0 Å². The summed E-state index contributed by atoms with van der Waals surface area (Å²) in [7, 11) is 0. The number of aromatic nitrogens is 4. The van der Waals surface area contributed by atoms with Crippen LogP contribution in [0, 0.1) is 0 Å². The molecule has 21 heavy (non-hydrogen) atoms. The van der Waals surface area contributed by atoms with Crippen molar-refractivity contribution < 1.29 is 9.53 Å². The van der Waals surface area contributed by atoms with Gasteiger partial charge >= 0.3 is 0 Å². The van der Waals surface area contributed by atoms with Gasteiger partial charge in [0.2, 0.25) is 11.7 Å². The van der Waals surface area contributed by atoms with Gasteiger partial charge < -0.3 is 9.64 Å². The Bertz CT molecular complexity index is 593. The molecule has 0 bridgehead atoms. The van der Waals surface area contributed by atoms with Crippen LogP contribution in [0.1, 0.15) is 23.5 Å². The number of ether oxygens (including phenoxy) is 1. The Kier molecular flexibility index (Phi) is 3.99. The molecule has 108 valence electrons. The molecule has 3 heterocycles. The molecule has 3 rings (SSSR count). The van der Waals surface area contributed by atoms with E-state index in [0.29, 0.717) is 19.0 Å². The van der Waals surface area contributed by atoms with Gasteiger partial charge in [-0.15, -0.1) is 0 Å². The Balaban J connectivity index is 1.64. The first kappa shape index (κ1) is 13.4. The van der Waals surface area contributed by atoms with Crippen LogP contribution in [0.15, 0.2) is 37.1 Å². The lowest BCUT2D eigenvalue weighted by molar-refractivity contribution is 0.0516. The standard InChI is InChI=1S/C14H15N5O2/c20-14(13-17-4-2-5-18-13)19-8-1-3-11(10-19)21-12-9-15-6-7-16-12/h2,4-7,9,11H,1,3,8,10H2/t11-/m0/s1. The fraction of sp³-hybridized carbons (Fsp3) is 0.357. The number of piperidine rings is 1. The van der Waals surface area contributed by atoms with Gasteiger partial charge in [-0.3, -0.25) is 9.78 Å². The zero-order chi connectivity index (χ0) is 14.5. The lowest BCUT2D eigenvalue weighted by atomic mass is 10.1. The fourth-order valence-corrected chi connectivity index (χ4v) is 2.29. The van der Waals surface area contributed by atoms with E-state index in [0.717, 1.165) is 12.8 Å². The first-order valence-electron chi connectivity index (χ1n) is 6.82. The van der Waals surface area contributed by atoms with E-state index in [2.05, 4.69) is 19.9 Å². The van der Waals surface area contributed by atoms with Gasteiger partial charge in [0.15, 0.2) is 0 Å². The highest BCUT2D eigenvalue weighted by molar-refractivity contribution is 5.90. The number of carbonyl (C=O) groups excluding carboxylic acids is 1. The van der Waals surface area contributed by atoms with Crippen molar-refractivity contribution in [1.82, 2.24) is 24.8 Å². The van der Waals surface area contributed by atoms with Crippen LogP contribution in [0.5, 0.6) is 5.88 Å². The Morgan fingerprint density at radius 2 is 2.05 bits per heavy atom. The second-order valence-electron chi connectivity index (χ2n) is 4.75. The summed E-state index contributed by atoms with van der Waals surface area (Å²) in [6.07, 6.45) is 9.56. The molecule has 7 heteroatoms. The van der Waals surface area contributed by atoms with Crippen LogP contribution in [0.4, 0.5) is 0 Å². The van der Waals surface area contributed by atoms with Crippen LogP contribution in [-0.4, -0.2) is 49.9 Å². The third-order valence-electron chi connectivity index (χ3n) is 3.25. The van der Waals surface area contributed by atoms with Crippen molar-refractivity contribution in [3.05, 3.63) is 42.9 Å². The molecule has 0 unspecified atom stereocenters. The zero-order valence-corrected chi connectivity index (χ0v) is 11.4. The molecular formula is C14H15N5O2. The average molecular weight is 285 g/mol. The predicted octanol–water partition coefficient (Wildman–Crippen LogP) is 0.950. The maximum Gasteiger partial charge on any atom is 0.291 e. The molecule has 1 amide bonds. The molecule has 1 aliphatic rings. The van der Waals surface area contributed by atoms with Crippen LogP contribution >= 0.6 is 0 Å². The maximum absolute atomic E-state index is 12.3. The summed E-state index contributed by atoms with van der Waals surface area (Å²) in [5, 5.41) is 0. The van der Waals surface area contributed by atoms with E-state index in [1.165, 1.54) is 0 Å². The van der Waals surface area contributed by atoms with Crippen LogP contribution in [0.25, 0.3) is 0 Å². The Labute approximate surface area is 122 Å². The molecule has 0 spiro atoms. The van der Waals surface area contributed by atoms with Gasteiger partial charge in [0.05, 0.1) is 12.7 Å². The highest BCUT2D eigenvalue weighted by atomic mass is 16.5. The largest absolute Gasteiger partial charge is 0.471 e. The summed E-state index contributed by atoms with van der Waals surface area (Å²) < 4.78 is 5.76. The van der Waals surface area contributed by atoms with Gasteiger partial charge in [-0.25, -0.2) is 15.0 Å². The monoisotopic (exact) mass is 285 g/mol. The minimum absolute atomic E-state index is 0.0805. The second-order valence-corrected chi connectivity index (χ2v) is 4.75. The highest BCUT2D eigenvalue weighted by Gasteiger charge is 2.27. The number of nitrogens with zero attached hydrogens (tertiary/aromatic N) is 5. The minimum Gasteiger partial charge on any atom is -0.471 e. The molecule has 0 aliphatic carbocycles. The molecule has 2 aromatic rings. The molecule has 0 saturated carbocycles. The van der Waals surface area contributed by atoms with E-state index in [4.69, 9.17) is 4.74 Å². The SMILES string of the molecule is O=C(c1ncccn1)N1CCC[C@H](Oc2cnccn2)C1. The average Bonchev–Trinajstić information content (AvgIpc) is 2.56. The summed E-state index contributed by atoms with van der Waals surface area (Å²) in [5.41, 5.74) is 0. The van der Waals surface area contributed by atoms with E-state index in [-0.39, 0.29) is 17.8 Å². The normalized spacial score (nSPS) is 18.3. The Hall–Kier alpha value is -2.57. The van der Waals surface area contributed by atoms with Gasteiger partial charge in [0, 0.05) is 31.3 Å². The quantitative estimate of drug-likeness (QED) is 0.835. The Morgan fingerprint density at radius 3 is 2.81 bits per heavy atom. The van der Waals surface area contributed by atoms with E-state index in [1.807, 2.05) is 0 Å². The molecule has 1 saturated heterocycles. The molecule has 1 fully saturated rings. The summed E-state index contributed by atoms with van der Waals surface area (Å²) in [6.45, 7) is 1.20. The third kappa shape index (κ3) is 3.31.